The molecule has 0 N–H and O–H groups in total. The molecule has 2 nitrogen and oxygen atoms in total. The lowest BCUT2D eigenvalue weighted by Crippen LogP contribution is -2.29. The highest BCUT2D eigenvalue weighted by Gasteiger charge is 2.12. The number of para-hydroxylation sites is 1. The van der Waals surface area contributed by atoms with Crippen LogP contribution in [0.15, 0.2) is 24.3 Å². The summed E-state index contributed by atoms with van der Waals surface area (Å²) in [6.45, 7) is 6.48. The van der Waals surface area contributed by atoms with Gasteiger partial charge in [0.2, 0.25) is 0 Å². The molecule has 0 amide bonds. The molecule has 1 heterocycles. The van der Waals surface area contributed by atoms with Crippen molar-refractivity contribution in [2.24, 2.45) is 0 Å². The fourth-order valence-corrected chi connectivity index (χ4v) is 2.35. The first kappa shape index (κ1) is 12.4. The summed E-state index contributed by atoms with van der Waals surface area (Å²) >= 11 is 0. The summed E-state index contributed by atoms with van der Waals surface area (Å²) in [5, 5.41) is 0. The number of nitrogens with zero attached hydrogens (tertiary/aromatic N) is 1. The predicted octanol–water partition coefficient (Wildman–Crippen LogP) is 3.46. The van der Waals surface area contributed by atoms with Gasteiger partial charge in [0.25, 0.3) is 0 Å². The third-order valence-corrected chi connectivity index (χ3v) is 3.28. The molecule has 0 aliphatic carbocycles. The van der Waals surface area contributed by atoms with Crippen molar-refractivity contribution in [1.29, 1.82) is 0 Å². The van der Waals surface area contributed by atoms with Crippen LogP contribution >= 0.6 is 0 Å². The average molecular weight is 233 g/mol. The fourth-order valence-electron chi connectivity index (χ4n) is 2.35. The van der Waals surface area contributed by atoms with Gasteiger partial charge >= 0.3 is 0 Å². The van der Waals surface area contributed by atoms with Gasteiger partial charge in [0.15, 0.2) is 0 Å². The van der Waals surface area contributed by atoms with E-state index in [4.69, 9.17) is 4.74 Å². The molecule has 0 bridgehead atoms. The maximum atomic E-state index is 5.80. The Labute approximate surface area is 105 Å². The Morgan fingerprint density at radius 1 is 1.12 bits per heavy atom. The normalized spacial score (nSPS) is 17.0. The Balaban J connectivity index is 1.98. The zero-order chi connectivity index (χ0) is 11.9. The van der Waals surface area contributed by atoms with Crippen LogP contribution in [0.25, 0.3) is 0 Å². The van der Waals surface area contributed by atoms with E-state index in [1.807, 2.05) is 0 Å². The monoisotopic (exact) mass is 233 g/mol. The van der Waals surface area contributed by atoms with Gasteiger partial charge in [-0.2, -0.15) is 0 Å². The molecule has 0 atom stereocenters. The molecular formula is C15H23NO. The summed E-state index contributed by atoms with van der Waals surface area (Å²) in [5.41, 5.74) is 1.34. The Hall–Kier alpha value is -1.02. The van der Waals surface area contributed by atoms with Gasteiger partial charge in [0.1, 0.15) is 5.75 Å². The molecule has 94 valence electrons. The third-order valence-electron chi connectivity index (χ3n) is 3.28. The second kappa shape index (κ2) is 6.65. The Kier molecular flexibility index (Phi) is 4.87. The quantitative estimate of drug-likeness (QED) is 0.772. The maximum Gasteiger partial charge on any atom is 0.123 e. The first-order valence-corrected chi connectivity index (χ1v) is 6.83. The summed E-state index contributed by atoms with van der Waals surface area (Å²) in [5.74, 6) is 1.07. The van der Waals surface area contributed by atoms with Crippen molar-refractivity contribution in [1.82, 2.24) is 4.90 Å². The molecule has 1 saturated heterocycles. The first-order chi connectivity index (χ1) is 8.40. The van der Waals surface area contributed by atoms with Crippen LogP contribution in [-0.2, 0) is 6.54 Å². The van der Waals surface area contributed by atoms with Crippen LogP contribution < -0.4 is 4.74 Å². The van der Waals surface area contributed by atoms with E-state index in [0.717, 1.165) is 25.3 Å². The summed E-state index contributed by atoms with van der Waals surface area (Å²) in [7, 11) is 0. The number of rotatable bonds is 5. The SMILES string of the molecule is CCCOc1ccccc1CN1CCCCC1. The number of benzene rings is 1. The largest absolute Gasteiger partial charge is 0.493 e. The van der Waals surface area contributed by atoms with Crippen molar-refractivity contribution in [3.8, 4) is 5.75 Å². The van der Waals surface area contributed by atoms with Crippen LogP contribution in [0.3, 0.4) is 0 Å². The highest BCUT2D eigenvalue weighted by atomic mass is 16.5. The van der Waals surface area contributed by atoms with E-state index in [1.54, 1.807) is 0 Å². The number of hydrogen-bond acceptors (Lipinski definition) is 2. The van der Waals surface area contributed by atoms with Gasteiger partial charge < -0.3 is 4.74 Å². The minimum atomic E-state index is 0.816. The molecule has 1 aliphatic rings. The smallest absolute Gasteiger partial charge is 0.123 e. The highest BCUT2D eigenvalue weighted by molar-refractivity contribution is 5.33. The van der Waals surface area contributed by atoms with Gasteiger partial charge in [0, 0.05) is 12.1 Å². The van der Waals surface area contributed by atoms with Crippen molar-refractivity contribution < 1.29 is 4.74 Å². The lowest BCUT2D eigenvalue weighted by molar-refractivity contribution is 0.216. The van der Waals surface area contributed by atoms with Gasteiger partial charge in [-0.25, -0.2) is 0 Å². The van der Waals surface area contributed by atoms with E-state index >= 15 is 0 Å². The topological polar surface area (TPSA) is 12.5 Å². The second-order valence-corrected chi connectivity index (χ2v) is 4.79. The molecule has 1 fully saturated rings. The van der Waals surface area contributed by atoms with Gasteiger partial charge in [-0.15, -0.1) is 0 Å². The van der Waals surface area contributed by atoms with Gasteiger partial charge in [-0.1, -0.05) is 31.5 Å². The van der Waals surface area contributed by atoms with Gasteiger partial charge in [-0.05, 0) is 38.4 Å². The van der Waals surface area contributed by atoms with E-state index in [1.165, 1.54) is 37.9 Å². The molecule has 1 aliphatic heterocycles. The van der Waals surface area contributed by atoms with Crippen LogP contribution in [0.5, 0.6) is 5.75 Å². The molecule has 0 aromatic heterocycles. The number of likely N-dealkylation sites (tertiary alicyclic amines) is 1. The zero-order valence-corrected chi connectivity index (χ0v) is 10.8. The van der Waals surface area contributed by atoms with Crippen molar-refractivity contribution >= 4 is 0 Å². The average Bonchev–Trinajstić information content (AvgIpc) is 2.39. The van der Waals surface area contributed by atoms with E-state index in [2.05, 4.69) is 36.1 Å². The minimum absolute atomic E-state index is 0.816. The van der Waals surface area contributed by atoms with Crippen LogP contribution in [0.2, 0.25) is 0 Å². The lowest BCUT2D eigenvalue weighted by atomic mass is 10.1. The van der Waals surface area contributed by atoms with Crippen LogP contribution in [0.1, 0.15) is 38.2 Å². The molecule has 2 rings (SSSR count). The number of piperidine rings is 1. The second-order valence-electron chi connectivity index (χ2n) is 4.79. The molecule has 2 heteroatoms. The van der Waals surface area contributed by atoms with Crippen molar-refractivity contribution in [3.05, 3.63) is 29.8 Å². The van der Waals surface area contributed by atoms with Crippen molar-refractivity contribution in [2.45, 2.75) is 39.2 Å². The van der Waals surface area contributed by atoms with E-state index < -0.39 is 0 Å². The third kappa shape index (κ3) is 3.74. The summed E-state index contributed by atoms with van der Waals surface area (Å²) in [6.07, 6.45) is 5.15. The Morgan fingerprint density at radius 2 is 1.88 bits per heavy atom. The van der Waals surface area contributed by atoms with Crippen molar-refractivity contribution in [2.75, 3.05) is 19.7 Å². The molecule has 0 unspecified atom stereocenters. The van der Waals surface area contributed by atoms with Crippen LogP contribution in [-0.4, -0.2) is 24.6 Å². The predicted molar refractivity (Wildman–Crippen MR) is 71.4 cm³/mol. The standard InChI is InChI=1S/C15H23NO/c1-2-12-17-15-9-5-4-8-14(15)13-16-10-6-3-7-11-16/h4-5,8-9H,2-3,6-7,10-13H2,1H3. The summed E-state index contributed by atoms with van der Waals surface area (Å²) in [4.78, 5) is 2.54. The van der Waals surface area contributed by atoms with Crippen LogP contribution in [0, 0.1) is 0 Å². The number of ether oxygens (including phenoxy) is 1. The zero-order valence-electron chi connectivity index (χ0n) is 10.8. The molecule has 0 radical (unpaired) electrons. The van der Waals surface area contributed by atoms with Gasteiger partial charge in [-0.3, -0.25) is 4.90 Å². The van der Waals surface area contributed by atoms with E-state index in [9.17, 15) is 0 Å². The maximum absolute atomic E-state index is 5.80. The highest BCUT2D eigenvalue weighted by Crippen LogP contribution is 2.21. The molecule has 17 heavy (non-hydrogen) atoms. The Morgan fingerprint density at radius 3 is 2.65 bits per heavy atom. The molecule has 1 aromatic carbocycles. The van der Waals surface area contributed by atoms with Crippen molar-refractivity contribution in [3.63, 3.8) is 0 Å². The Bertz CT molecular complexity index is 331. The van der Waals surface area contributed by atoms with Gasteiger partial charge in [0.05, 0.1) is 6.61 Å². The summed E-state index contributed by atoms with van der Waals surface area (Å²) < 4.78 is 5.80. The molecule has 0 saturated carbocycles. The van der Waals surface area contributed by atoms with E-state index in [0.29, 0.717) is 0 Å². The van der Waals surface area contributed by atoms with Crippen LogP contribution in [0.4, 0.5) is 0 Å². The molecule has 1 aromatic rings. The fraction of sp³-hybridized carbons (Fsp3) is 0.600. The van der Waals surface area contributed by atoms with E-state index in [-0.39, 0.29) is 0 Å². The lowest BCUT2D eigenvalue weighted by Gasteiger charge is -2.27. The number of hydrogen-bond donors (Lipinski definition) is 0. The minimum Gasteiger partial charge on any atom is -0.493 e. The molecule has 0 spiro atoms. The summed E-state index contributed by atoms with van der Waals surface area (Å²) in [6, 6.07) is 8.46. The first-order valence-electron chi connectivity index (χ1n) is 6.83. The molecular weight excluding hydrogens is 210 g/mol.